The molecule has 1 aromatic heterocycles. The molecule has 0 saturated carbocycles. The summed E-state index contributed by atoms with van der Waals surface area (Å²) in [5.74, 6) is -0.486. The van der Waals surface area contributed by atoms with E-state index in [0.29, 0.717) is 10.7 Å². The third-order valence-corrected chi connectivity index (χ3v) is 4.91. The van der Waals surface area contributed by atoms with Crippen LogP contribution in [0.1, 0.15) is 18.1 Å². The molecule has 0 amide bonds. The van der Waals surface area contributed by atoms with E-state index in [-0.39, 0.29) is 13.0 Å². The van der Waals surface area contributed by atoms with Gasteiger partial charge in [0.1, 0.15) is 5.25 Å². The van der Waals surface area contributed by atoms with Gasteiger partial charge in [0.15, 0.2) is 5.16 Å². The number of nitrogens with one attached hydrogen (secondary N) is 1. The number of nitrogens with zero attached hydrogens (tertiary/aromatic N) is 1. The van der Waals surface area contributed by atoms with E-state index in [1.807, 2.05) is 24.3 Å². The number of para-hydroxylation sites is 2. The molecule has 3 aromatic rings. The number of fused-ring (bicyclic) bond motifs is 1. The van der Waals surface area contributed by atoms with Gasteiger partial charge in [-0.15, -0.1) is 0 Å². The first-order chi connectivity index (χ1) is 12.9. The van der Waals surface area contributed by atoms with Crippen LogP contribution < -0.4 is 0 Å². The average Bonchev–Trinajstić information content (AvgIpc) is 3.03. The molecule has 0 aliphatic heterocycles. The monoisotopic (exact) mass is 394 g/mol. The van der Waals surface area contributed by atoms with Gasteiger partial charge in [-0.05, 0) is 37.1 Å². The summed E-state index contributed by atoms with van der Waals surface area (Å²) in [5, 5.41) is -0.199. The standard InChI is InChI=1S/C19H17F3N2O2S/c1-2-26-17(25)16(11-12-6-5-7-13(10-12)19(20,21)22)27-18-23-14-8-3-4-9-15(14)24-18/h3-10,16H,2,11H2,1H3,(H,23,24)/t16-/m0/s1. The van der Waals surface area contributed by atoms with E-state index < -0.39 is 23.0 Å². The topological polar surface area (TPSA) is 55.0 Å². The minimum Gasteiger partial charge on any atom is -0.465 e. The largest absolute Gasteiger partial charge is 0.465 e. The number of aromatic amines is 1. The number of alkyl halides is 3. The van der Waals surface area contributed by atoms with E-state index in [0.717, 1.165) is 34.9 Å². The SMILES string of the molecule is CCOC(=O)[C@H](Cc1cccc(C(F)(F)F)c1)Sc1nc2ccccc2[nH]1. The molecule has 0 unspecified atom stereocenters. The van der Waals surface area contributed by atoms with Crippen molar-refractivity contribution in [1.29, 1.82) is 0 Å². The van der Waals surface area contributed by atoms with Gasteiger partial charge in [-0.3, -0.25) is 4.79 Å². The lowest BCUT2D eigenvalue weighted by Crippen LogP contribution is -2.23. The molecule has 0 aliphatic carbocycles. The van der Waals surface area contributed by atoms with Crippen LogP contribution in [0.25, 0.3) is 11.0 Å². The molecular formula is C19H17F3N2O2S. The lowest BCUT2D eigenvalue weighted by Gasteiger charge is -2.15. The Hall–Kier alpha value is -2.48. The Balaban J connectivity index is 1.84. The molecule has 1 heterocycles. The number of rotatable bonds is 6. The van der Waals surface area contributed by atoms with Crippen molar-refractivity contribution in [3.63, 3.8) is 0 Å². The molecule has 0 saturated heterocycles. The Morgan fingerprint density at radius 3 is 2.70 bits per heavy atom. The van der Waals surface area contributed by atoms with Gasteiger partial charge in [0.05, 0.1) is 23.2 Å². The van der Waals surface area contributed by atoms with Crippen molar-refractivity contribution < 1.29 is 22.7 Å². The number of hydrogen-bond donors (Lipinski definition) is 1. The van der Waals surface area contributed by atoms with Crippen LogP contribution in [0.3, 0.4) is 0 Å². The Bertz CT molecular complexity index is 907. The number of carbonyl (C=O) groups is 1. The number of ether oxygens (including phenoxy) is 1. The Morgan fingerprint density at radius 2 is 2.00 bits per heavy atom. The van der Waals surface area contributed by atoms with Crippen molar-refractivity contribution in [3.8, 4) is 0 Å². The number of H-pyrrole nitrogens is 1. The molecule has 0 bridgehead atoms. The van der Waals surface area contributed by atoms with Gasteiger partial charge < -0.3 is 9.72 Å². The second-order valence-electron chi connectivity index (χ2n) is 5.82. The summed E-state index contributed by atoms with van der Waals surface area (Å²) >= 11 is 1.15. The Morgan fingerprint density at radius 1 is 1.22 bits per heavy atom. The van der Waals surface area contributed by atoms with E-state index in [9.17, 15) is 18.0 Å². The molecule has 2 aromatic carbocycles. The zero-order chi connectivity index (χ0) is 19.4. The van der Waals surface area contributed by atoms with Crippen LogP contribution in [0.5, 0.6) is 0 Å². The first-order valence-corrected chi connectivity index (χ1v) is 9.19. The highest BCUT2D eigenvalue weighted by Gasteiger charge is 2.31. The van der Waals surface area contributed by atoms with Crippen LogP contribution >= 0.6 is 11.8 Å². The lowest BCUT2D eigenvalue weighted by atomic mass is 10.1. The molecule has 0 spiro atoms. The third-order valence-electron chi connectivity index (χ3n) is 3.85. The predicted molar refractivity (Wildman–Crippen MR) is 97.5 cm³/mol. The summed E-state index contributed by atoms with van der Waals surface area (Å²) in [6.07, 6.45) is -4.33. The molecule has 142 valence electrons. The number of benzene rings is 2. The molecule has 1 N–H and O–H groups in total. The molecule has 8 heteroatoms. The van der Waals surface area contributed by atoms with Gasteiger partial charge in [0, 0.05) is 0 Å². The minimum atomic E-state index is -4.43. The van der Waals surface area contributed by atoms with Crippen molar-refractivity contribution in [1.82, 2.24) is 9.97 Å². The van der Waals surface area contributed by atoms with Gasteiger partial charge in [0.2, 0.25) is 0 Å². The lowest BCUT2D eigenvalue weighted by molar-refractivity contribution is -0.142. The normalized spacial score (nSPS) is 12.9. The molecule has 0 radical (unpaired) electrons. The van der Waals surface area contributed by atoms with Crippen molar-refractivity contribution in [3.05, 3.63) is 59.7 Å². The number of hydrogen-bond acceptors (Lipinski definition) is 4. The molecule has 0 fully saturated rings. The van der Waals surface area contributed by atoms with Gasteiger partial charge >= 0.3 is 12.1 Å². The smallest absolute Gasteiger partial charge is 0.416 e. The first-order valence-electron chi connectivity index (χ1n) is 8.31. The predicted octanol–water partition coefficient (Wildman–Crippen LogP) is 4.85. The zero-order valence-corrected chi connectivity index (χ0v) is 15.2. The number of thioether (sulfide) groups is 1. The fourth-order valence-corrected chi connectivity index (χ4v) is 3.65. The zero-order valence-electron chi connectivity index (χ0n) is 14.4. The molecule has 0 aliphatic rings. The highest BCUT2D eigenvalue weighted by Crippen LogP contribution is 2.31. The number of aromatic nitrogens is 2. The van der Waals surface area contributed by atoms with Gasteiger partial charge in [-0.25, -0.2) is 4.98 Å². The Labute approximate surface area is 158 Å². The Kier molecular flexibility index (Phi) is 5.74. The highest BCUT2D eigenvalue weighted by atomic mass is 32.2. The number of halogens is 3. The second-order valence-corrected chi connectivity index (χ2v) is 7.01. The maximum absolute atomic E-state index is 12.9. The molecule has 1 atom stereocenters. The van der Waals surface area contributed by atoms with Crippen molar-refractivity contribution >= 4 is 28.8 Å². The van der Waals surface area contributed by atoms with E-state index >= 15 is 0 Å². The van der Waals surface area contributed by atoms with E-state index in [1.54, 1.807) is 13.0 Å². The van der Waals surface area contributed by atoms with Crippen LogP contribution in [0.4, 0.5) is 13.2 Å². The average molecular weight is 394 g/mol. The number of esters is 1. The van der Waals surface area contributed by atoms with Crippen molar-refractivity contribution in [2.75, 3.05) is 6.61 Å². The maximum Gasteiger partial charge on any atom is 0.416 e. The summed E-state index contributed by atoms with van der Waals surface area (Å²) in [6, 6.07) is 12.4. The minimum absolute atomic E-state index is 0.102. The van der Waals surface area contributed by atoms with Gasteiger partial charge in [-0.2, -0.15) is 13.2 Å². The van der Waals surface area contributed by atoms with Gasteiger partial charge in [-0.1, -0.05) is 42.1 Å². The first kappa shape index (κ1) is 19.3. The summed E-state index contributed by atoms with van der Waals surface area (Å²) in [7, 11) is 0. The van der Waals surface area contributed by atoms with Crippen LogP contribution in [0.2, 0.25) is 0 Å². The number of imidazole rings is 1. The summed E-state index contributed by atoms with van der Waals surface area (Å²) in [6.45, 7) is 1.88. The van der Waals surface area contributed by atoms with Crippen molar-refractivity contribution in [2.24, 2.45) is 0 Å². The summed E-state index contributed by atoms with van der Waals surface area (Å²) < 4.78 is 43.9. The maximum atomic E-state index is 12.9. The molecule has 4 nitrogen and oxygen atoms in total. The quantitative estimate of drug-likeness (QED) is 0.480. The van der Waals surface area contributed by atoms with Gasteiger partial charge in [0.25, 0.3) is 0 Å². The van der Waals surface area contributed by atoms with E-state index in [1.165, 1.54) is 6.07 Å². The second kappa shape index (κ2) is 8.04. The highest BCUT2D eigenvalue weighted by molar-refractivity contribution is 8.00. The fraction of sp³-hybridized carbons (Fsp3) is 0.263. The summed E-state index contributed by atoms with van der Waals surface area (Å²) in [4.78, 5) is 19.9. The van der Waals surface area contributed by atoms with Crippen LogP contribution in [-0.4, -0.2) is 27.8 Å². The third kappa shape index (κ3) is 4.82. The fourth-order valence-electron chi connectivity index (χ4n) is 2.62. The van der Waals surface area contributed by atoms with Crippen LogP contribution in [-0.2, 0) is 22.1 Å². The molecular weight excluding hydrogens is 377 g/mol. The van der Waals surface area contributed by atoms with Crippen LogP contribution in [0.15, 0.2) is 53.7 Å². The number of carbonyl (C=O) groups excluding carboxylic acids is 1. The van der Waals surface area contributed by atoms with Crippen molar-refractivity contribution in [2.45, 2.75) is 29.9 Å². The van der Waals surface area contributed by atoms with E-state index in [2.05, 4.69) is 9.97 Å². The summed E-state index contributed by atoms with van der Waals surface area (Å²) in [5.41, 5.74) is 1.24. The molecule has 3 rings (SSSR count). The molecule has 27 heavy (non-hydrogen) atoms. The van der Waals surface area contributed by atoms with E-state index in [4.69, 9.17) is 4.74 Å². The van der Waals surface area contributed by atoms with Crippen LogP contribution in [0, 0.1) is 0 Å².